The number of esters is 1. The van der Waals surface area contributed by atoms with Crippen LogP contribution in [0.3, 0.4) is 0 Å². The summed E-state index contributed by atoms with van der Waals surface area (Å²) in [5.41, 5.74) is 2.25. The summed E-state index contributed by atoms with van der Waals surface area (Å²) in [6.45, 7) is 5.40. The Kier molecular flexibility index (Phi) is 8.91. The van der Waals surface area contributed by atoms with Crippen molar-refractivity contribution in [3.05, 3.63) is 87.7 Å². The molecular formula is C33H33F5N2O6. The van der Waals surface area contributed by atoms with Crippen molar-refractivity contribution in [3.8, 4) is 17.2 Å². The molecule has 246 valence electrons. The van der Waals surface area contributed by atoms with Crippen molar-refractivity contribution in [3.63, 3.8) is 0 Å². The summed E-state index contributed by atoms with van der Waals surface area (Å²) in [6, 6.07) is 8.22. The number of hydrogen-bond acceptors (Lipinski definition) is 7. The Bertz CT molecular complexity index is 1660. The quantitative estimate of drug-likeness (QED) is 0.106. The third kappa shape index (κ3) is 5.95. The SMILES string of the molecule is COc1cc2c(cc1OC)[C@H]([C@H]1Cc3ccccc3CN1C(=O)OC(C)(C)C)N(C)[C@H](C(=O)Oc1c(F)c(F)c(F)c(F)c1F)C2. The number of rotatable bonds is 5. The highest BCUT2D eigenvalue weighted by Crippen LogP contribution is 2.44. The lowest BCUT2D eigenvalue weighted by Gasteiger charge is -2.48. The van der Waals surface area contributed by atoms with Gasteiger partial charge in [-0.1, -0.05) is 24.3 Å². The number of hydrogen-bond donors (Lipinski definition) is 0. The molecule has 0 aromatic heterocycles. The number of fused-ring (bicyclic) bond motifs is 2. The van der Waals surface area contributed by atoms with E-state index in [0.717, 1.165) is 11.1 Å². The zero-order chi connectivity index (χ0) is 33.7. The van der Waals surface area contributed by atoms with Crippen molar-refractivity contribution >= 4 is 12.1 Å². The Morgan fingerprint density at radius 3 is 1.96 bits per heavy atom. The Hall–Kier alpha value is -4.39. The van der Waals surface area contributed by atoms with E-state index in [4.69, 9.17) is 18.9 Å². The number of carbonyl (C=O) groups is 2. The summed E-state index contributed by atoms with van der Waals surface area (Å²) in [7, 11) is 4.44. The van der Waals surface area contributed by atoms with Crippen molar-refractivity contribution in [1.29, 1.82) is 0 Å². The van der Waals surface area contributed by atoms with Crippen LogP contribution in [0.15, 0.2) is 36.4 Å². The van der Waals surface area contributed by atoms with E-state index in [-0.39, 0.29) is 13.0 Å². The van der Waals surface area contributed by atoms with Crippen molar-refractivity contribution in [2.75, 3.05) is 21.3 Å². The molecule has 0 saturated carbocycles. The number of amides is 1. The first-order valence-corrected chi connectivity index (χ1v) is 14.4. The first-order valence-electron chi connectivity index (χ1n) is 14.4. The predicted molar refractivity (Wildman–Crippen MR) is 155 cm³/mol. The zero-order valence-electron chi connectivity index (χ0n) is 26.1. The van der Waals surface area contributed by atoms with Crippen LogP contribution in [-0.4, -0.2) is 60.8 Å². The number of halogens is 5. The number of nitrogens with zero attached hydrogens (tertiary/aromatic N) is 2. The molecule has 2 heterocycles. The van der Waals surface area contributed by atoms with Crippen molar-refractivity contribution in [2.45, 2.75) is 63.9 Å². The van der Waals surface area contributed by atoms with E-state index < -0.39 is 70.6 Å². The van der Waals surface area contributed by atoms with Gasteiger partial charge < -0.3 is 18.9 Å². The van der Waals surface area contributed by atoms with Gasteiger partial charge in [-0.05, 0) is 75.0 Å². The average molecular weight is 649 g/mol. The number of carbonyl (C=O) groups excluding carboxylic acids is 2. The molecule has 0 unspecified atom stereocenters. The molecule has 5 rings (SSSR count). The molecule has 0 bridgehead atoms. The normalized spacial score (nSPS) is 19.6. The van der Waals surface area contributed by atoms with Gasteiger partial charge in [-0.25, -0.2) is 22.8 Å². The first kappa shape index (κ1) is 33.0. The lowest BCUT2D eigenvalue weighted by Crippen LogP contribution is -2.57. The molecule has 0 N–H and O–H groups in total. The van der Waals surface area contributed by atoms with E-state index in [9.17, 15) is 31.5 Å². The van der Waals surface area contributed by atoms with Crippen molar-refractivity contribution in [2.24, 2.45) is 0 Å². The minimum absolute atomic E-state index is 0.0906. The van der Waals surface area contributed by atoms with E-state index in [0.29, 0.717) is 29.0 Å². The second kappa shape index (κ2) is 12.4. The van der Waals surface area contributed by atoms with E-state index >= 15 is 0 Å². The number of benzene rings is 3. The summed E-state index contributed by atoms with van der Waals surface area (Å²) in [5, 5.41) is 0. The summed E-state index contributed by atoms with van der Waals surface area (Å²) in [5.74, 6) is -13.7. The highest BCUT2D eigenvalue weighted by Gasteiger charge is 2.47. The van der Waals surface area contributed by atoms with Crippen molar-refractivity contribution in [1.82, 2.24) is 9.80 Å². The molecule has 13 heteroatoms. The Morgan fingerprint density at radius 2 is 1.37 bits per heavy atom. The minimum Gasteiger partial charge on any atom is -0.493 e. The van der Waals surface area contributed by atoms with E-state index in [1.165, 1.54) is 14.2 Å². The first-order chi connectivity index (χ1) is 21.7. The summed E-state index contributed by atoms with van der Waals surface area (Å²) in [4.78, 5) is 30.4. The fourth-order valence-electron chi connectivity index (χ4n) is 6.08. The average Bonchev–Trinajstić information content (AvgIpc) is 3.02. The fraction of sp³-hybridized carbons (Fsp3) is 0.394. The molecule has 0 aliphatic carbocycles. The molecule has 0 radical (unpaired) electrons. The number of methoxy groups -OCH3 is 2. The molecule has 1 amide bonds. The molecule has 3 aromatic rings. The monoisotopic (exact) mass is 648 g/mol. The Morgan fingerprint density at radius 1 is 0.804 bits per heavy atom. The van der Waals surface area contributed by atoms with Crippen LogP contribution in [0.25, 0.3) is 0 Å². The van der Waals surface area contributed by atoms with Crippen LogP contribution in [-0.2, 0) is 28.9 Å². The van der Waals surface area contributed by atoms with Gasteiger partial charge in [0.25, 0.3) is 0 Å². The highest BCUT2D eigenvalue weighted by atomic mass is 19.2. The zero-order valence-corrected chi connectivity index (χ0v) is 26.1. The van der Waals surface area contributed by atoms with E-state index in [1.807, 2.05) is 24.3 Å². The van der Waals surface area contributed by atoms with Crippen LogP contribution in [0.1, 0.15) is 49.1 Å². The van der Waals surface area contributed by atoms with Gasteiger partial charge in [0.15, 0.2) is 11.5 Å². The minimum atomic E-state index is -2.38. The van der Waals surface area contributed by atoms with Crippen LogP contribution in [0, 0.1) is 29.1 Å². The second-order valence-electron chi connectivity index (χ2n) is 12.2. The van der Waals surface area contributed by atoms with Crippen LogP contribution in [0.4, 0.5) is 26.7 Å². The summed E-state index contributed by atoms with van der Waals surface area (Å²) >= 11 is 0. The van der Waals surface area contributed by atoms with Gasteiger partial charge in [-0.3, -0.25) is 9.80 Å². The third-order valence-electron chi connectivity index (χ3n) is 8.23. The Labute approximate surface area is 262 Å². The van der Waals surface area contributed by atoms with Gasteiger partial charge >= 0.3 is 12.1 Å². The molecule has 0 fully saturated rings. The van der Waals surface area contributed by atoms with Gasteiger partial charge in [0, 0.05) is 6.54 Å². The molecule has 2 aliphatic heterocycles. The maximum Gasteiger partial charge on any atom is 0.410 e. The van der Waals surface area contributed by atoms with Crippen LogP contribution in [0.2, 0.25) is 0 Å². The Balaban J connectivity index is 1.63. The van der Waals surface area contributed by atoms with Crippen LogP contribution >= 0.6 is 0 Å². The lowest BCUT2D eigenvalue weighted by molar-refractivity contribution is -0.142. The van der Waals surface area contributed by atoms with Gasteiger partial charge in [0.05, 0.1) is 26.3 Å². The molecule has 8 nitrogen and oxygen atoms in total. The van der Waals surface area contributed by atoms with Crippen molar-refractivity contribution < 1.29 is 50.5 Å². The molecular weight excluding hydrogens is 615 g/mol. The molecule has 0 spiro atoms. The van der Waals surface area contributed by atoms with Gasteiger partial charge in [-0.15, -0.1) is 0 Å². The van der Waals surface area contributed by atoms with Gasteiger partial charge in [0.1, 0.15) is 11.6 Å². The standard InChI is InChI=1S/C33H33F5N2O6/c1-33(2,3)46-32(42)40-15-17-10-8-7-9-16(17)11-20(40)29-19-14-23(44-6)22(43-5)13-18(19)12-21(39(29)4)31(41)45-30-27(37)25(35)24(34)26(36)28(30)38/h7-10,13-14,20-21,29H,11-12,15H2,1-6H3/t20-,21+,29-/m1/s1. The highest BCUT2D eigenvalue weighted by molar-refractivity contribution is 5.80. The number of likely N-dealkylation sites (N-methyl/N-ethyl adjacent to an activating group) is 1. The smallest absolute Gasteiger partial charge is 0.410 e. The summed E-state index contributed by atoms with van der Waals surface area (Å²) < 4.78 is 92.4. The lowest BCUT2D eigenvalue weighted by atomic mass is 9.80. The maximum atomic E-state index is 14.5. The fourth-order valence-corrected chi connectivity index (χ4v) is 6.08. The largest absolute Gasteiger partial charge is 0.493 e. The second-order valence-corrected chi connectivity index (χ2v) is 12.2. The summed E-state index contributed by atoms with van der Waals surface area (Å²) in [6.07, 6.45) is -0.363. The maximum absolute atomic E-state index is 14.5. The van der Waals surface area contributed by atoms with Crippen LogP contribution < -0.4 is 14.2 Å². The van der Waals surface area contributed by atoms with E-state index in [1.54, 1.807) is 49.8 Å². The number of ether oxygens (including phenoxy) is 4. The van der Waals surface area contributed by atoms with Gasteiger partial charge in [0.2, 0.25) is 34.8 Å². The third-order valence-corrected chi connectivity index (χ3v) is 8.23. The van der Waals surface area contributed by atoms with E-state index in [2.05, 4.69) is 0 Å². The molecule has 46 heavy (non-hydrogen) atoms. The van der Waals surface area contributed by atoms with Crippen LogP contribution in [0.5, 0.6) is 17.2 Å². The molecule has 2 aliphatic rings. The molecule has 3 atom stereocenters. The van der Waals surface area contributed by atoms with Gasteiger partial charge in [-0.2, -0.15) is 8.78 Å². The topological polar surface area (TPSA) is 77.5 Å². The molecule has 0 saturated heterocycles. The predicted octanol–water partition coefficient (Wildman–Crippen LogP) is 6.26. The molecule has 3 aromatic carbocycles.